The van der Waals surface area contributed by atoms with Crippen LogP contribution in [0.4, 0.5) is 14.5 Å². The van der Waals surface area contributed by atoms with Crippen LogP contribution in [0.1, 0.15) is 12.5 Å². The van der Waals surface area contributed by atoms with Gasteiger partial charge in [-0.15, -0.1) is 0 Å². The summed E-state index contributed by atoms with van der Waals surface area (Å²) >= 11 is 0. The van der Waals surface area contributed by atoms with E-state index < -0.39 is 23.8 Å². The third kappa shape index (κ3) is 5.90. The van der Waals surface area contributed by atoms with Gasteiger partial charge >= 0.3 is 0 Å². The van der Waals surface area contributed by atoms with Crippen molar-refractivity contribution < 1.29 is 23.0 Å². The Balaban J connectivity index is 1.56. The number of hydrogen-bond donors (Lipinski definition) is 1. The highest BCUT2D eigenvalue weighted by molar-refractivity contribution is 5.94. The van der Waals surface area contributed by atoms with Gasteiger partial charge in [-0.25, -0.2) is 4.39 Å². The summed E-state index contributed by atoms with van der Waals surface area (Å²) < 4.78 is 38.3. The topological polar surface area (TPSA) is 47.6 Å². The molecule has 3 rings (SSSR count). The first-order chi connectivity index (χ1) is 14.0. The molecule has 3 aromatic carbocycles. The molecule has 0 saturated heterocycles. The lowest BCUT2D eigenvalue weighted by molar-refractivity contribution is -0.122. The molecule has 0 aliphatic carbocycles. The number of carbonyl (C=O) groups is 1. The van der Waals surface area contributed by atoms with Crippen LogP contribution in [0.2, 0.25) is 0 Å². The quantitative estimate of drug-likeness (QED) is 0.532. The van der Waals surface area contributed by atoms with E-state index in [1.54, 1.807) is 49.4 Å². The van der Waals surface area contributed by atoms with Crippen LogP contribution in [-0.4, -0.2) is 12.0 Å². The Morgan fingerprint density at radius 1 is 0.931 bits per heavy atom. The molecule has 0 heterocycles. The zero-order valence-electron chi connectivity index (χ0n) is 15.6. The number of para-hydroxylation sites is 1. The molecule has 6 heteroatoms. The smallest absolute Gasteiger partial charge is 0.278 e. The van der Waals surface area contributed by atoms with E-state index in [-0.39, 0.29) is 11.4 Å². The van der Waals surface area contributed by atoms with Gasteiger partial charge in [0.1, 0.15) is 17.3 Å². The van der Waals surface area contributed by atoms with Crippen LogP contribution >= 0.6 is 0 Å². The lowest BCUT2D eigenvalue weighted by atomic mass is 10.2. The predicted molar refractivity (Wildman–Crippen MR) is 108 cm³/mol. The van der Waals surface area contributed by atoms with Gasteiger partial charge in [-0.2, -0.15) is 4.39 Å². The largest absolute Gasteiger partial charge is 0.481 e. The third-order valence-corrected chi connectivity index (χ3v) is 3.93. The monoisotopic (exact) mass is 395 g/mol. The van der Waals surface area contributed by atoms with E-state index in [0.717, 1.165) is 0 Å². The Morgan fingerprint density at radius 2 is 1.55 bits per heavy atom. The fourth-order valence-electron chi connectivity index (χ4n) is 2.46. The highest BCUT2D eigenvalue weighted by Crippen LogP contribution is 2.22. The average Bonchev–Trinajstić information content (AvgIpc) is 2.72. The summed E-state index contributed by atoms with van der Waals surface area (Å²) in [6.07, 6.45) is 0.413. The lowest BCUT2D eigenvalue weighted by Crippen LogP contribution is -2.30. The molecule has 0 radical (unpaired) electrons. The molecule has 1 amide bonds. The van der Waals surface area contributed by atoms with Crippen molar-refractivity contribution in [3.05, 3.63) is 96.3 Å². The molecule has 1 N–H and O–H groups in total. The zero-order valence-corrected chi connectivity index (χ0v) is 15.6. The Labute approximate surface area is 167 Å². The molecular weight excluding hydrogens is 376 g/mol. The molecule has 148 valence electrons. The minimum absolute atomic E-state index is 0.0809. The van der Waals surface area contributed by atoms with E-state index in [9.17, 15) is 13.6 Å². The highest BCUT2D eigenvalue weighted by Gasteiger charge is 2.16. The Morgan fingerprint density at radius 3 is 2.24 bits per heavy atom. The van der Waals surface area contributed by atoms with E-state index in [1.165, 1.54) is 36.4 Å². The highest BCUT2D eigenvalue weighted by atomic mass is 19.1. The maximum absolute atomic E-state index is 14.0. The van der Waals surface area contributed by atoms with Crippen LogP contribution in [0.15, 0.2) is 84.9 Å². The zero-order chi connectivity index (χ0) is 20.6. The number of benzene rings is 3. The van der Waals surface area contributed by atoms with Gasteiger partial charge < -0.3 is 14.8 Å². The summed E-state index contributed by atoms with van der Waals surface area (Å²) in [5, 5.41) is 2.47. The number of carbonyl (C=O) groups excluding carboxylic acids is 1. The van der Waals surface area contributed by atoms with Gasteiger partial charge in [0.05, 0.1) is 5.69 Å². The predicted octanol–water partition coefficient (Wildman–Crippen LogP) is 5.58. The van der Waals surface area contributed by atoms with Crippen LogP contribution < -0.4 is 14.8 Å². The summed E-state index contributed by atoms with van der Waals surface area (Å²) in [6.45, 7) is 1.54. The first-order valence-electron chi connectivity index (χ1n) is 8.93. The van der Waals surface area contributed by atoms with E-state index in [4.69, 9.17) is 9.47 Å². The van der Waals surface area contributed by atoms with Crippen molar-refractivity contribution >= 4 is 17.7 Å². The number of nitrogens with one attached hydrogen (secondary N) is 1. The van der Waals surface area contributed by atoms with Gasteiger partial charge in [0.2, 0.25) is 0 Å². The number of amides is 1. The van der Waals surface area contributed by atoms with Crippen molar-refractivity contribution in [1.29, 1.82) is 0 Å². The maximum Gasteiger partial charge on any atom is 0.278 e. The molecule has 0 bridgehead atoms. The lowest BCUT2D eigenvalue weighted by Gasteiger charge is -2.15. The summed E-state index contributed by atoms with van der Waals surface area (Å²) in [5.41, 5.74) is 0.761. The summed E-state index contributed by atoms with van der Waals surface area (Å²) in [4.78, 5) is 12.2. The second-order valence-electron chi connectivity index (χ2n) is 6.16. The fourth-order valence-corrected chi connectivity index (χ4v) is 2.46. The normalized spacial score (nSPS) is 12.2. The van der Waals surface area contributed by atoms with Gasteiger partial charge in [0.15, 0.2) is 6.10 Å². The number of rotatable bonds is 7. The first kappa shape index (κ1) is 20.1. The fraction of sp³-hybridized carbons (Fsp3) is 0.0870. The van der Waals surface area contributed by atoms with Crippen molar-refractivity contribution in [3.63, 3.8) is 0 Å². The SMILES string of the molecule is C[C@@H](Oc1ccc(O/C(F)=C/c2ccccc2)cc1)C(=O)Nc1ccccc1F. The van der Waals surface area contributed by atoms with E-state index in [0.29, 0.717) is 11.3 Å². The van der Waals surface area contributed by atoms with Crippen LogP contribution in [0.5, 0.6) is 11.5 Å². The molecule has 0 fully saturated rings. The summed E-state index contributed by atoms with van der Waals surface area (Å²) in [6, 6.07) is 20.2. The second-order valence-corrected chi connectivity index (χ2v) is 6.16. The summed E-state index contributed by atoms with van der Waals surface area (Å²) in [7, 11) is 0. The maximum atomic E-state index is 14.0. The minimum Gasteiger partial charge on any atom is -0.481 e. The molecule has 0 spiro atoms. The van der Waals surface area contributed by atoms with Crippen LogP contribution in [0.25, 0.3) is 6.08 Å². The molecule has 0 aromatic heterocycles. The van der Waals surface area contributed by atoms with Crippen LogP contribution in [-0.2, 0) is 4.79 Å². The van der Waals surface area contributed by atoms with Gasteiger partial charge in [0.25, 0.3) is 11.9 Å². The number of hydrogen-bond acceptors (Lipinski definition) is 3. The average molecular weight is 395 g/mol. The molecule has 29 heavy (non-hydrogen) atoms. The third-order valence-electron chi connectivity index (χ3n) is 3.93. The molecule has 0 unspecified atom stereocenters. The van der Waals surface area contributed by atoms with Crippen molar-refractivity contribution in [2.45, 2.75) is 13.0 Å². The van der Waals surface area contributed by atoms with Gasteiger partial charge in [0, 0.05) is 6.08 Å². The standard InChI is InChI=1S/C23H19F2NO3/c1-16(23(27)26-21-10-6-5-9-20(21)24)28-18-11-13-19(14-12-18)29-22(25)15-17-7-3-2-4-8-17/h2-16H,1H3,(H,26,27)/b22-15+/t16-/m1/s1. The number of ether oxygens (including phenoxy) is 2. The second kappa shape index (κ2) is 9.50. The van der Waals surface area contributed by atoms with E-state index in [1.807, 2.05) is 6.07 Å². The van der Waals surface area contributed by atoms with Crippen LogP contribution in [0, 0.1) is 5.82 Å². The molecule has 3 aromatic rings. The van der Waals surface area contributed by atoms with Gasteiger partial charge in [-0.05, 0) is 48.9 Å². The number of anilines is 1. The Kier molecular flexibility index (Phi) is 6.58. The van der Waals surface area contributed by atoms with Crippen molar-refractivity contribution in [1.82, 2.24) is 0 Å². The van der Waals surface area contributed by atoms with E-state index >= 15 is 0 Å². The van der Waals surface area contributed by atoms with Crippen molar-refractivity contribution in [2.75, 3.05) is 5.32 Å². The Hall–Kier alpha value is -3.67. The van der Waals surface area contributed by atoms with Crippen molar-refractivity contribution in [2.24, 2.45) is 0 Å². The first-order valence-corrected chi connectivity index (χ1v) is 8.93. The minimum atomic E-state index is -0.865. The van der Waals surface area contributed by atoms with Gasteiger partial charge in [-0.3, -0.25) is 4.79 Å². The van der Waals surface area contributed by atoms with Gasteiger partial charge in [-0.1, -0.05) is 42.5 Å². The molecule has 1 atom stereocenters. The molecule has 0 aliphatic rings. The van der Waals surface area contributed by atoms with Crippen molar-refractivity contribution in [3.8, 4) is 11.5 Å². The van der Waals surface area contributed by atoms with Crippen LogP contribution in [0.3, 0.4) is 0 Å². The number of halogens is 2. The molecule has 4 nitrogen and oxygen atoms in total. The Bertz CT molecular complexity index is 989. The molecule has 0 aliphatic heterocycles. The molecular formula is C23H19F2NO3. The summed E-state index contributed by atoms with van der Waals surface area (Å²) in [5.74, 6) is -0.348. The van der Waals surface area contributed by atoms with E-state index in [2.05, 4.69) is 5.32 Å². The molecule has 0 saturated carbocycles.